The Bertz CT molecular complexity index is 966. The predicted octanol–water partition coefficient (Wildman–Crippen LogP) is 4.31. The van der Waals surface area contributed by atoms with Gasteiger partial charge >= 0.3 is 6.03 Å². The van der Waals surface area contributed by atoms with Crippen molar-refractivity contribution in [3.05, 3.63) is 70.5 Å². The molecule has 0 aliphatic carbocycles. The number of urea groups is 1. The third kappa shape index (κ3) is 4.73. The molecule has 2 aromatic rings. The molecule has 31 heavy (non-hydrogen) atoms. The van der Waals surface area contributed by atoms with E-state index < -0.39 is 67.2 Å². The molecule has 1 fully saturated rings. The van der Waals surface area contributed by atoms with Gasteiger partial charge in [0, 0.05) is 0 Å². The maximum Gasteiger partial charge on any atom is 0.333 e. The van der Waals surface area contributed by atoms with Crippen molar-refractivity contribution in [2.75, 3.05) is 13.1 Å². The minimum atomic E-state index is -2.06. The summed E-state index contributed by atoms with van der Waals surface area (Å²) >= 11 is 0. The largest absolute Gasteiger partial charge is 0.333 e. The Labute approximate surface area is 174 Å². The quantitative estimate of drug-likeness (QED) is 0.497. The Morgan fingerprint density at radius 2 is 1.26 bits per heavy atom. The number of aryl methyl sites for hydroxylation is 1. The van der Waals surface area contributed by atoms with E-state index in [9.17, 15) is 36.3 Å². The van der Waals surface area contributed by atoms with E-state index in [1.807, 2.05) is 0 Å². The van der Waals surface area contributed by atoms with Gasteiger partial charge in [0.15, 0.2) is 11.6 Å². The number of carbonyl (C=O) groups is 3. The van der Waals surface area contributed by atoms with Crippen molar-refractivity contribution in [1.82, 2.24) is 9.80 Å². The zero-order chi connectivity index (χ0) is 22.9. The average molecular weight is 440 g/mol. The molecular weight excluding hydrogens is 423 g/mol. The first-order valence-electron chi connectivity index (χ1n) is 9.22. The number of rotatable bonds is 6. The summed E-state index contributed by atoms with van der Waals surface area (Å²) in [6.45, 7) is -0.192. The van der Waals surface area contributed by atoms with Gasteiger partial charge in [-0.3, -0.25) is 19.4 Å². The Hall–Kier alpha value is -3.30. The molecule has 2 aromatic carbocycles. The van der Waals surface area contributed by atoms with Crippen molar-refractivity contribution in [3.63, 3.8) is 0 Å². The first-order chi connectivity index (χ1) is 14.6. The van der Waals surface area contributed by atoms with Gasteiger partial charge in [-0.25, -0.2) is 26.7 Å². The molecule has 0 saturated carbocycles. The van der Waals surface area contributed by atoms with Crippen LogP contribution in [0, 0.1) is 24.4 Å². The van der Waals surface area contributed by atoms with E-state index in [0.717, 1.165) is 12.1 Å². The molecular formula is C21H17F5N2O3. The van der Waals surface area contributed by atoms with Crippen LogP contribution in [0.5, 0.6) is 0 Å². The van der Waals surface area contributed by atoms with Crippen LogP contribution in [0.15, 0.2) is 36.4 Å². The van der Waals surface area contributed by atoms with Crippen molar-refractivity contribution in [3.8, 4) is 0 Å². The molecule has 3 rings (SSSR count). The summed E-state index contributed by atoms with van der Waals surface area (Å²) in [5.74, 6) is -5.16. The van der Waals surface area contributed by atoms with Crippen LogP contribution in [0.3, 0.4) is 0 Å². The third-order valence-electron chi connectivity index (χ3n) is 4.92. The minimum Gasteiger partial charge on any atom is -0.274 e. The van der Waals surface area contributed by atoms with Crippen LogP contribution in [0.1, 0.15) is 35.5 Å². The number of carbonyl (C=O) groups excluding carboxylic acids is 3. The molecule has 0 aromatic heterocycles. The molecule has 164 valence electrons. The number of halogens is 5. The van der Waals surface area contributed by atoms with Crippen molar-refractivity contribution in [2.45, 2.75) is 25.7 Å². The van der Waals surface area contributed by atoms with Crippen molar-refractivity contribution in [2.24, 2.45) is 0 Å². The SMILES string of the molecule is Cc1ccc([C@H](F)CN2C(=O)CC(=O)N(C[C@@H](F)c3ccc(F)c(F)c3)C2=O)cc1F. The Balaban J connectivity index is 1.76. The molecule has 1 heterocycles. The molecule has 1 saturated heterocycles. The highest BCUT2D eigenvalue weighted by molar-refractivity contribution is 6.14. The van der Waals surface area contributed by atoms with Gasteiger partial charge in [0.25, 0.3) is 0 Å². The highest BCUT2D eigenvalue weighted by atomic mass is 19.2. The van der Waals surface area contributed by atoms with Gasteiger partial charge in [0.2, 0.25) is 11.8 Å². The number of hydrogen-bond acceptors (Lipinski definition) is 3. The monoisotopic (exact) mass is 440 g/mol. The number of hydrogen-bond donors (Lipinski definition) is 0. The van der Waals surface area contributed by atoms with Crippen LogP contribution >= 0.6 is 0 Å². The third-order valence-corrected chi connectivity index (χ3v) is 4.92. The minimum absolute atomic E-state index is 0.114. The van der Waals surface area contributed by atoms with Crippen LogP contribution in [-0.2, 0) is 9.59 Å². The summed E-state index contributed by atoms with van der Waals surface area (Å²) in [4.78, 5) is 37.7. The average Bonchev–Trinajstić information content (AvgIpc) is 2.72. The summed E-state index contributed by atoms with van der Waals surface area (Å²) in [5, 5.41) is 0. The van der Waals surface area contributed by atoms with Crippen LogP contribution in [0.25, 0.3) is 0 Å². The van der Waals surface area contributed by atoms with Crippen LogP contribution in [0.2, 0.25) is 0 Å². The van der Waals surface area contributed by atoms with E-state index in [-0.39, 0.29) is 16.7 Å². The fourth-order valence-corrected chi connectivity index (χ4v) is 3.08. The summed E-state index contributed by atoms with van der Waals surface area (Å²) in [7, 11) is 0. The first kappa shape index (κ1) is 22.4. The highest BCUT2D eigenvalue weighted by Crippen LogP contribution is 2.26. The summed E-state index contributed by atoms with van der Waals surface area (Å²) < 4.78 is 69.2. The topological polar surface area (TPSA) is 57.7 Å². The molecule has 5 nitrogen and oxygen atoms in total. The molecule has 2 atom stereocenters. The number of amides is 4. The van der Waals surface area contributed by atoms with Crippen LogP contribution in [-0.4, -0.2) is 40.7 Å². The molecule has 10 heteroatoms. The second kappa shape index (κ2) is 8.83. The van der Waals surface area contributed by atoms with Gasteiger partial charge in [-0.1, -0.05) is 18.2 Å². The maximum atomic E-state index is 14.6. The van der Waals surface area contributed by atoms with Gasteiger partial charge in [0.05, 0.1) is 13.1 Å². The van der Waals surface area contributed by atoms with Crippen molar-refractivity contribution >= 4 is 17.8 Å². The number of barbiturate groups is 1. The van der Waals surface area contributed by atoms with Gasteiger partial charge in [-0.05, 0) is 41.8 Å². The van der Waals surface area contributed by atoms with Crippen LogP contribution < -0.4 is 0 Å². The van der Waals surface area contributed by atoms with E-state index in [1.54, 1.807) is 0 Å². The summed E-state index contributed by atoms with van der Waals surface area (Å²) in [6.07, 6.45) is -4.80. The number of imide groups is 2. The first-order valence-corrected chi connectivity index (χ1v) is 9.22. The Kier molecular flexibility index (Phi) is 6.37. The number of nitrogens with zero attached hydrogens (tertiary/aromatic N) is 2. The van der Waals surface area contributed by atoms with Crippen molar-refractivity contribution in [1.29, 1.82) is 0 Å². The fraction of sp³-hybridized carbons (Fsp3) is 0.286. The standard InChI is InChI=1S/C21H17F5N2O3/c1-11-2-3-12(6-15(11)23)17(25)9-27-19(29)8-20(30)28(21(27)31)10-18(26)13-4-5-14(22)16(24)7-13/h2-7,17-18H,8-10H2,1H3/t17-,18-/m1/s1. The lowest BCUT2D eigenvalue weighted by molar-refractivity contribution is -0.143. The normalized spacial score (nSPS) is 16.6. The van der Waals surface area contributed by atoms with Gasteiger partial charge in [-0.2, -0.15) is 0 Å². The lowest BCUT2D eigenvalue weighted by atomic mass is 10.1. The van der Waals surface area contributed by atoms with Gasteiger partial charge in [-0.15, -0.1) is 0 Å². The van der Waals surface area contributed by atoms with E-state index in [1.165, 1.54) is 19.1 Å². The highest BCUT2D eigenvalue weighted by Gasteiger charge is 2.40. The fourth-order valence-electron chi connectivity index (χ4n) is 3.08. The smallest absolute Gasteiger partial charge is 0.274 e. The molecule has 0 radical (unpaired) electrons. The van der Waals surface area contributed by atoms with E-state index in [4.69, 9.17) is 0 Å². The zero-order valence-corrected chi connectivity index (χ0v) is 16.2. The Morgan fingerprint density at radius 3 is 1.74 bits per heavy atom. The van der Waals surface area contributed by atoms with Crippen molar-refractivity contribution < 1.29 is 36.3 Å². The maximum absolute atomic E-state index is 14.6. The summed E-state index contributed by atoms with van der Waals surface area (Å²) in [6, 6.07) is 4.55. The molecule has 0 bridgehead atoms. The predicted molar refractivity (Wildman–Crippen MR) is 98.6 cm³/mol. The lowest BCUT2D eigenvalue weighted by Crippen LogP contribution is -2.56. The summed E-state index contributed by atoms with van der Waals surface area (Å²) in [5.41, 5.74) is -0.150. The van der Waals surface area contributed by atoms with Crippen LogP contribution in [0.4, 0.5) is 26.7 Å². The zero-order valence-electron chi connectivity index (χ0n) is 16.2. The molecule has 1 aliphatic rings. The number of benzene rings is 2. The molecule has 0 unspecified atom stereocenters. The van der Waals surface area contributed by atoms with E-state index >= 15 is 0 Å². The molecule has 0 spiro atoms. The van der Waals surface area contributed by atoms with E-state index in [2.05, 4.69) is 0 Å². The molecule has 0 N–H and O–H groups in total. The molecule has 1 aliphatic heterocycles. The van der Waals surface area contributed by atoms with Gasteiger partial charge < -0.3 is 0 Å². The lowest BCUT2D eigenvalue weighted by Gasteiger charge is -2.34. The molecule has 4 amide bonds. The second-order valence-electron chi connectivity index (χ2n) is 7.09. The number of alkyl halides is 2. The van der Waals surface area contributed by atoms with Gasteiger partial charge in [0.1, 0.15) is 24.6 Å². The second-order valence-corrected chi connectivity index (χ2v) is 7.09. The Morgan fingerprint density at radius 1 is 0.774 bits per heavy atom. The van der Waals surface area contributed by atoms with E-state index in [0.29, 0.717) is 21.9 Å².